The lowest BCUT2D eigenvalue weighted by molar-refractivity contribution is 0.395. The van der Waals surface area contributed by atoms with Crippen molar-refractivity contribution < 1.29 is 9.47 Å². The zero-order valence-corrected chi connectivity index (χ0v) is 10.8. The fraction of sp³-hybridized carbons (Fsp3) is 0.308. The van der Waals surface area contributed by atoms with Crippen molar-refractivity contribution in [1.29, 1.82) is 0 Å². The fourth-order valence-corrected chi connectivity index (χ4v) is 1.94. The average molecular weight is 247 g/mol. The van der Waals surface area contributed by atoms with Crippen LogP contribution in [0.2, 0.25) is 0 Å². The number of aromatic amines is 1. The van der Waals surface area contributed by atoms with Crippen molar-refractivity contribution in [2.45, 2.75) is 13.5 Å². The Labute approximate surface area is 106 Å². The highest BCUT2D eigenvalue weighted by molar-refractivity contribution is 5.72. The minimum absolute atomic E-state index is 0.386. The number of H-pyrrole nitrogens is 1. The van der Waals surface area contributed by atoms with Crippen LogP contribution in [0.15, 0.2) is 18.3 Å². The number of methoxy groups -OCH3 is 2. The monoisotopic (exact) mass is 247 g/mol. The molecule has 2 rings (SSSR count). The number of nitrogens with one attached hydrogen (secondary N) is 1. The van der Waals surface area contributed by atoms with E-state index in [0.29, 0.717) is 6.54 Å². The van der Waals surface area contributed by atoms with Crippen molar-refractivity contribution in [1.82, 2.24) is 9.97 Å². The first-order valence-corrected chi connectivity index (χ1v) is 5.66. The van der Waals surface area contributed by atoms with E-state index in [4.69, 9.17) is 15.2 Å². The Bertz CT molecular complexity index is 549. The predicted octanol–water partition coefficient (Wildman–Crippen LogP) is 1.86. The lowest BCUT2D eigenvalue weighted by Gasteiger charge is -2.12. The summed E-state index contributed by atoms with van der Waals surface area (Å²) in [6.45, 7) is 2.39. The van der Waals surface area contributed by atoms with Gasteiger partial charge in [-0.15, -0.1) is 0 Å². The van der Waals surface area contributed by atoms with E-state index in [1.165, 1.54) is 0 Å². The molecule has 0 saturated heterocycles. The molecule has 0 aliphatic heterocycles. The van der Waals surface area contributed by atoms with Crippen molar-refractivity contribution in [3.63, 3.8) is 0 Å². The molecule has 1 aromatic carbocycles. The molecule has 0 fully saturated rings. The normalized spacial score (nSPS) is 10.4. The molecule has 1 aromatic heterocycles. The van der Waals surface area contributed by atoms with Crippen LogP contribution in [0.5, 0.6) is 11.5 Å². The molecule has 0 radical (unpaired) electrons. The van der Waals surface area contributed by atoms with Crippen molar-refractivity contribution in [3.05, 3.63) is 29.7 Å². The topological polar surface area (TPSA) is 73.2 Å². The van der Waals surface area contributed by atoms with Gasteiger partial charge >= 0.3 is 0 Å². The maximum Gasteiger partial charge on any atom is 0.132 e. The lowest BCUT2D eigenvalue weighted by atomic mass is 10.0. The highest BCUT2D eigenvalue weighted by atomic mass is 16.5. The van der Waals surface area contributed by atoms with Crippen LogP contribution in [0, 0.1) is 6.92 Å². The van der Waals surface area contributed by atoms with Crippen molar-refractivity contribution in [2.24, 2.45) is 5.73 Å². The summed E-state index contributed by atoms with van der Waals surface area (Å²) < 4.78 is 10.6. The number of aromatic nitrogens is 2. The zero-order chi connectivity index (χ0) is 13.1. The molecule has 18 heavy (non-hydrogen) atoms. The van der Waals surface area contributed by atoms with Gasteiger partial charge in [-0.2, -0.15) is 0 Å². The maximum absolute atomic E-state index is 5.55. The third-order valence-electron chi connectivity index (χ3n) is 2.82. The smallest absolute Gasteiger partial charge is 0.132 e. The van der Waals surface area contributed by atoms with E-state index in [0.717, 1.165) is 34.1 Å². The molecule has 0 atom stereocenters. The number of benzene rings is 1. The first kappa shape index (κ1) is 12.4. The summed E-state index contributed by atoms with van der Waals surface area (Å²) in [6.07, 6.45) is 1.76. The van der Waals surface area contributed by atoms with Gasteiger partial charge in [0.05, 0.1) is 32.7 Å². The fourth-order valence-electron chi connectivity index (χ4n) is 1.94. The Morgan fingerprint density at radius 3 is 2.61 bits per heavy atom. The number of rotatable bonds is 4. The minimum atomic E-state index is 0.386. The molecule has 2 aromatic rings. The van der Waals surface area contributed by atoms with Crippen molar-refractivity contribution >= 4 is 0 Å². The van der Waals surface area contributed by atoms with E-state index < -0.39 is 0 Å². The van der Waals surface area contributed by atoms with Crippen LogP contribution in [-0.4, -0.2) is 24.2 Å². The molecule has 0 spiro atoms. The quantitative estimate of drug-likeness (QED) is 0.865. The van der Waals surface area contributed by atoms with E-state index in [2.05, 4.69) is 9.97 Å². The molecule has 1 heterocycles. The van der Waals surface area contributed by atoms with Gasteiger partial charge in [0.1, 0.15) is 17.3 Å². The number of nitrogens with two attached hydrogens (primary N) is 1. The first-order valence-electron chi connectivity index (χ1n) is 5.66. The summed E-state index contributed by atoms with van der Waals surface area (Å²) in [5, 5.41) is 0. The first-order chi connectivity index (χ1) is 8.69. The summed E-state index contributed by atoms with van der Waals surface area (Å²) in [5.74, 6) is 2.27. The van der Waals surface area contributed by atoms with Crippen LogP contribution in [0.25, 0.3) is 11.3 Å². The van der Waals surface area contributed by atoms with Crippen LogP contribution in [-0.2, 0) is 6.54 Å². The molecule has 0 unspecified atom stereocenters. The predicted molar refractivity (Wildman–Crippen MR) is 69.8 cm³/mol. The Kier molecular flexibility index (Phi) is 3.53. The highest BCUT2D eigenvalue weighted by Crippen LogP contribution is 2.35. The molecule has 0 aliphatic rings. The van der Waals surface area contributed by atoms with E-state index >= 15 is 0 Å². The number of hydrogen-bond donors (Lipinski definition) is 2. The number of hydrogen-bond acceptors (Lipinski definition) is 4. The van der Waals surface area contributed by atoms with Gasteiger partial charge in [-0.3, -0.25) is 0 Å². The van der Waals surface area contributed by atoms with Crippen LogP contribution in [0.4, 0.5) is 0 Å². The molecule has 0 aliphatic carbocycles. The number of ether oxygens (including phenoxy) is 2. The van der Waals surface area contributed by atoms with E-state index in [1.807, 2.05) is 19.1 Å². The summed E-state index contributed by atoms with van der Waals surface area (Å²) >= 11 is 0. The summed E-state index contributed by atoms with van der Waals surface area (Å²) in [4.78, 5) is 7.38. The van der Waals surface area contributed by atoms with E-state index in [1.54, 1.807) is 20.4 Å². The Hall–Kier alpha value is -2.01. The van der Waals surface area contributed by atoms with Gasteiger partial charge in [0, 0.05) is 11.6 Å². The highest BCUT2D eigenvalue weighted by Gasteiger charge is 2.13. The van der Waals surface area contributed by atoms with Crippen LogP contribution >= 0.6 is 0 Å². The minimum Gasteiger partial charge on any atom is -0.497 e. The van der Waals surface area contributed by atoms with Gasteiger partial charge in [-0.05, 0) is 18.6 Å². The van der Waals surface area contributed by atoms with Crippen molar-refractivity contribution in [3.8, 4) is 22.8 Å². The molecule has 0 amide bonds. The standard InChI is InChI=1S/C13H17N3O2/c1-8-4-9(17-2)5-11(18-3)13(8)10-7-15-12(6-14)16-10/h4-5,7H,6,14H2,1-3H3,(H,15,16). The number of nitrogens with zero attached hydrogens (tertiary/aromatic N) is 1. The molecule has 5 nitrogen and oxygen atoms in total. The molecule has 3 N–H and O–H groups in total. The van der Waals surface area contributed by atoms with Gasteiger partial charge in [0.2, 0.25) is 0 Å². The summed E-state index contributed by atoms with van der Waals surface area (Å²) in [5.41, 5.74) is 8.48. The van der Waals surface area contributed by atoms with Gasteiger partial charge in [-0.25, -0.2) is 4.98 Å². The average Bonchev–Trinajstić information content (AvgIpc) is 2.85. The molecule has 0 saturated carbocycles. The SMILES string of the molecule is COc1cc(C)c(-c2cnc(CN)[nH]2)c(OC)c1. The largest absolute Gasteiger partial charge is 0.497 e. The maximum atomic E-state index is 5.55. The van der Waals surface area contributed by atoms with Crippen LogP contribution in [0.3, 0.4) is 0 Å². The molecular weight excluding hydrogens is 230 g/mol. The van der Waals surface area contributed by atoms with Gasteiger partial charge < -0.3 is 20.2 Å². The van der Waals surface area contributed by atoms with E-state index in [-0.39, 0.29) is 0 Å². The molecule has 5 heteroatoms. The molecule has 96 valence electrons. The molecular formula is C13H17N3O2. The molecule has 0 bridgehead atoms. The lowest BCUT2D eigenvalue weighted by Crippen LogP contribution is -1.98. The van der Waals surface area contributed by atoms with Gasteiger partial charge in [0.25, 0.3) is 0 Å². The second-order valence-electron chi connectivity index (χ2n) is 3.97. The third kappa shape index (κ3) is 2.17. The second kappa shape index (κ2) is 5.10. The second-order valence-corrected chi connectivity index (χ2v) is 3.97. The summed E-state index contributed by atoms with van der Waals surface area (Å²) in [6, 6.07) is 3.81. The summed E-state index contributed by atoms with van der Waals surface area (Å²) in [7, 11) is 3.27. The van der Waals surface area contributed by atoms with Gasteiger partial charge in [-0.1, -0.05) is 0 Å². The zero-order valence-electron chi connectivity index (χ0n) is 10.8. The van der Waals surface area contributed by atoms with E-state index in [9.17, 15) is 0 Å². The third-order valence-corrected chi connectivity index (χ3v) is 2.82. The number of aryl methyl sites for hydroxylation is 1. The van der Waals surface area contributed by atoms with Crippen LogP contribution in [0.1, 0.15) is 11.4 Å². The van der Waals surface area contributed by atoms with Gasteiger partial charge in [0.15, 0.2) is 0 Å². The Morgan fingerprint density at radius 1 is 1.28 bits per heavy atom. The van der Waals surface area contributed by atoms with Crippen molar-refractivity contribution in [2.75, 3.05) is 14.2 Å². The van der Waals surface area contributed by atoms with Crippen LogP contribution < -0.4 is 15.2 Å². The Morgan fingerprint density at radius 2 is 2.06 bits per heavy atom. The Balaban J connectivity index is 2.55. The number of imidazole rings is 1.